The lowest BCUT2D eigenvalue weighted by atomic mass is 10.2. The molecular weight excluding hydrogens is 247 g/mol. The molecule has 1 atom stereocenters. The Bertz CT molecular complexity index is 217. The van der Waals surface area contributed by atoms with Crippen molar-refractivity contribution in [2.75, 3.05) is 32.6 Å². The summed E-state index contributed by atoms with van der Waals surface area (Å²) in [5, 5.41) is 8.47. The zero-order chi connectivity index (χ0) is 13.1. The monoisotopic (exact) mass is 270 g/mol. The van der Waals surface area contributed by atoms with E-state index in [0.29, 0.717) is 13.0 Å². The second kappa shape index (κ2) is 10.00. The van der Waals surface area contributed by atoms with Crippen LogP contribution in [-0.4, -0.2) is 53.6 Å². The molecule has 0 aromatic rings. The topological polar surface area (TPSA) is 96.2 Å². The maximum Gasteiger partial charge on any atom is 0.328 e. The van der Waals surface area contributed by atoms with Gasteiger partial charge >= 0.3 is 7.60 Å². The zero-order valence-corrected chi connectivity index (χ0v) is 11.1. The highest BCUT2D eigenvalue weighted by atomic mass is 31.2. The fourth-order valence-corrected chi connectivity index (χ4v) is 2.18. The van der Waals surface area contributed by atoms with Crippen molar-refractivity contribution in [1.29, 1.82) is 0 Å². The first-order chi connectivity index (χ1) is 7.99. The number of hydrogen-bond donors (Lipinski definition) is 3. The van der Waals surface area contributed by atoms with Crippen LogP contribution >= 0.6 is 7.60 Å². The predicted octanol–water partition coefficient (Wildman–Crippen LogP) is 0.748. The second-order valence-electron chi connectivity index (χ2n) is 3.82. The van der Waals surface area contributed by atoms with E-state index in [4.69, 9.17) is 24.4 Å². The van der Waals surface area contributed by atoms with Crippen molar-refractivity contribution in [3.8, 4) is 0 Å². The van der Waals surface area contributed by atoms with Crippen LogP contribution in [0.3, 0.4) is 0 Å². The lowest BCUT2D eigenvalue weighted by Gasteiger charge is -2.18. The van der Waals surface area contributed by atoms with E-state index in [1.54, 1.807) is 0 Å². The molecule has 0 aliphatic carbocycles. The summed E-state index contributed by atoms with van der Waals surface area (Å²) < 4.78 is 21.3. The zero-order valence-electron chi connectivity index (χ0n) is 10.2. The molecule has 0 rings (SSSR count). The molecule has 7 heteroatoms. The first-order valence-electron chi connectivity index (χ1n) is 5.84. The summed E-state index contributed by atoms with van der Waals surface area (Å²) in [4.78, 5) is 17.8. The number of hydrogen-bond acceptors (Lipinski definition) is 4. The van der Waals surface area contributed by atoms with Gasteiger partial charge in [-0.2, -0.15) is 0 Å². The van der Waals surface area contributed by atoms with Crippen LogP contribution < -0.4 is 0 Å². The normalized spacial score (nSPS) is 13.9. The van der Waals surface area contributed by atoms with Crippen molar-refractivity contribution in [2.45, 2.75) is 32.3 Å². The van der Waals surface area contributed by atoms with Gasteiger partial charge in [0.05, 0.1) is 38.7 Å². The Hall–Kier alpha value is 0.0300. The van der Waals surface area contributed by atoms with E-state index >= 15 is 0 Å². The summed E-state index contributed by atoms with van der Waals surface area (Å²) in [6, 6.07) is 0. The number of aliphatic hydroxyl groups excluding tert-OH is 1. The van der Waals surface area contributed by atoms with Crippen molar-refractivity contribution >= 4 is 7.60 Å². The van der Waals surface area contributed by atoms with Crippen molar-refractivity contribution in [1.82, 2.24) is 0 Å². The standard InChI is InChI=1S/C10H23O6P/c1-2-3-4-10(9-17(12,13)14)16-8-7-15-6-5-11/h10-11H,2-9H2,1H3,(H2,12,13,14). The molecule has 0 saturated heterocycles. The Morgan fingerprint density at radius 2 is 1.94 bits per heavy atom. The molecule has 0 spiro atoms. The lowest BCUT2D eigenvalue weighted by Crippen LogP contribution is -2.21. The van der Waals surface area contributed by atoms with E-state index in [1.165, 1.54) is 0 Å². The molecule has 104 valence electrons. The fourth-order valence-electron chi connectivity index (χ4n) is 1.36. The average molecular weight is 270 g/mol. The van der Waals surface area contributed by atoms with E-state index in [-0.39, 0.29) is 26.0 Å². The molecule has 1 unspecified atom stereocenters. The minimum absolute atomic E-state index is 0.0399. The second-order valence-corrected chi connectivity index (χ2v) is 5.51. The van der Waals surface area contributed by atoms with Crippen LogP contribution in [0.25, 0.3) is 0 Å². The van der Waals surface area contributed by atoms with Crippen molar-refractivity contribution < 1.29 is 28.9 Å². The highest BCUT2D eigenvalue weighted by molar-refractivity contribution is 7.51. The quantitative estimate of drug-likeness (QED) is 0.379. The number of aliphatic hydroxyl groups is 1. The van der Waals surface area contributed by atoms with Gasteiger partial charge in [0.15, 0.2) is 0 Å². The van der Waals surface area contributed by atoms with Crippen LogP contribution in [0.5, 0.6) is 0 Å². The average Bonchev–Trinajstić information content (AvgIpc) is 2.23. The summed E-state index contributed by atoms with van der Waals surface area (Å²) in [7, 11) is -4.03. The third kappa shape index (κ3) is 12.3. The van der Waals surface area contributed by atoms with Gasteiger partial charge in [0.25, 0.3) is 0 Å². The van der Waals surface area contributed by atoms with Crippen molar-refractivity contribution in [3.63, 3.8) is 0 Å². The predicted molar refractivity (Wildman–Crippen MR) is 64.1 cm³/mol. The maximum absolute atomic E-state index is 10.9. The van der Waals surface area contributed by atoms with Gasteiger partial charge in [-0.3, -0.25) is 4.57 Å². The molecule has 17 heavy (non-hydrogen) atoms. The Morgan fingerprint density at radius 3 is 2.47 bits per heavy atom. The third-order valence-electron chi connectivity index (χ3n) is 2.14. The van der Waals surface area contributed by atoms with Gasteiger partial charge < -0.3 is 24.4 Å². The maximum atomic E-state index is 10.9. The first-order valence-corrected chi connectivity index (χ1v) is 7.64. The van der Waals surface area contributed by atoms with Gasteiger partial charge in [0.1, 0.15) is 0 Å². The van der Waals surface area contributed by atoms with Gasteiger partial charge in [0.2, 0.25) is 0 Å². The molecule has 0 radical (unpaired) electrons. The molecule has 0 heterocycles. The molecule has 0 amide bonds. The van der Waals surface area contributed by atoms with E-state index < -0.39 is 13.7 Å². The SMILES string of the molecule is CCCCC(CP(=O)(O)O)OCCOCCO. The first kappa shape index (κ1) is 17.0. The molecule has 6 nitrogen and oxygen atoms in total. The van der Waals surface area contributed by atoms with Gasteiger partial charge in [0, 0.05) is 0 Å². The van der Waals surface area contributed by atoms with Gasteiger partial charge in [-0.15, -0.1) is 0 Å². The molecule has 0 aromatic carbocycles. The molecule has 3 N–H and O–H groups in total. The third-order valence-corrected chi connectivity index (χ3v) is 3.02. The molecule has 0 aliphatic rings. The largest absolute Gasteiger partial charge is 0.394 e. The molecule has 0 aromatic heterocycles. The van der Waals surface area contributed by atoms with Crippen LogP contribution in [0.4, 0.5) is 0 Å². The summed E-state index contributed by atoms with van der Waals surface area (Å²) in [6.45, 7) is 2.83. The number of ether oxygens (including phenoxy) is 2. The molecule has 0 fully saturated rings. The van der Waals surface area contributed by atoms with E-state index in [1.807, 2.05) is 6.92 Å². The van der Waals surface area contributed by atoms with Crippen LogP contribution in [0.1, 0.15) is 26.2 Å². The molecule has 0 bridgehead atoms. The summed E-state index contributed by atoms with van der Waals surface area (Å²) in [5.74, 6) is 0. The van der Waals surface area contributed by atoms with Crippen LogP contribution in [-0.2, 0) is 14.0 Å². The Balaban J connectivity index is 3.81. The minimum atomic E-state index is -4.03. The van der Waals surface area contributed by atoms with Crippen LogP contribution in [0, 0.1) is 0 Å². The number of unbranched alkanes of at least 4 members (excludes halogenated alkanes) is 1. The Kier molecular flexibility index (Phi) is 10.0. The smallest absolute Gasteiger partial charge is 0.328 e. The molecule has 0 aliphatic heterocycles. The van der Waals surface area contributed by atoms with E-state index in [9.17, 15) is 4.57 Å². The van der Waals surface area contributed by atoms with E-state index in [2.05, 4.69) is 0 Å². The molecule has 0 saturated carbocycles. The minimum Gasteiger partial charge on any atom is -0.394 e. The molecular formula is C10H23O6P. The van der Waals surface area contributed by atoms with Crippen LogP contribution in [0.15, 0.2) is 0 Å². The van der Waals surface area contributed by atoms with Gasteiger partial charge in [-0.25, -0.2) is 0 Å². The van der Waals surface area contributed by atoms with Gasteiger partial charge in [-0.1, -0.05) is 19.8 Å². The summed E-state index contributed by atoms with van der Waals surface area (Å²) in [6.07, 6.45) is 1.81. The van der Waals surface area contributed by atoms with Gasteiger partial charge in [-0.05, 0) is 6.42 Å². The van der Waals surface area contributed by atoms with Crippen molar-refractivity contribution in [2.24, 2.45) is 0 Å². The number of rotatable bonds is 11. The lowest BCUT2D eigenvalue weighted by molar-refractivity contribution is 0.000725. The highest BCUT2D eigenvalue weighted by Gasteiger charge is 2.21. The highest BCUT2D eigenvalue weighted by Crippen LogP contribution is 2.36. The Morgan fingerprint density at radius 1 is 1.24 bits per heavy atom. The fraction of sp³-hybridized carbons (Fsp3) is 1.00. The van der Waals surface area contributed by atoms with Crippen molar-refractivity contribution in [3.05, 3.63) is 0 Å². The van der Waals surface area contributed by atoms with E-state index in [0.717, 1.165) is 12.8 Å². The van der Waals surface area contributed by atoms with Crippen LogP contribution in [0.2, 0.25) is 0 Å². The summed E-state index contributed by atoms with van der Waals surface area (Å²) >= 11 is 0. The summed E-state index contributed by atoms with van der Waals surface area (Å²) in [5.41, 5.74) is 0. The Labute approximate surface area is 102 Å².